The molecule has 1 saturated heterocycles. The molecule has 31 heavy (non-hydrogen) atoms. The molecule has 0 unspecified atom stereocenters. The van der Waals surface area contributed by atoms with Crippen molar-refractivity contribution in [3.8, 4) is 0 Å². The number of halogens is 1. The largest absolute Gasteiger partial charge is 0.323 e. The summed E-state index contributed by atoms with van der Waals surface area (Å²) in [4.78, 5) is 18.5. The van der Waals surface area contributed by atoms with Gasteiger partial charge in [-0.15, -0.1) is 0 Å². The van der Waals surface area contributed by atoms with Crippen LogP contribution in [0.25, 0.3) is 0 Å². The predicted molar refractivity (Wildman–Crippen MR) is 119 cm³/mol. The van der Waals surface area contributed by atoms with Crippen LogP contribution in [0, 0.1) is 12.7 Å². The van der Waals surface area contributed by atoms with Gasteiger partial charge < -0.3 is 10.6 Å². The molecule has 0 radical (unpaired) electrons. The highest BCUT2D eigenvalue weighted by molar-refractivity contribution is 7.91. The summed E-state index contributed by atoms with van der Waals surface area (Å²) in [6.45, 7) is 5.45. The van der Waals surface area contributed by atoms with E-state index in [-0.39, 0.29) is 17.7 Å². The van der Waals surface area contributed by atoms with Crippen LogP contribution in [0.2, 0.25) is 0 Å². The fourth-order valence-electron chi connectivity index (χ4n) is 3.40. The summed E-state index contributed by atoms with van der Waals surface area (Å²) < 4.78 is 37.4. The van der Waals surface area contributed by atoms with Crippen molar-refractivity contribution >= 4 is 27.2 Å². The molecule has 0 spiro atoms. The Morgan fingerprint density at radius 2 is 2.00 bits per heavy atom. The maximum Gasteiger partial charge on any atom is 0.323 e. The summed E-state index contributed by atoms with van der Waals surface area (Å²) in [7, 11) is -3.06. The Bertz CT molecular complexity index is 1010. The van der Waals surface area contributed by atoms with Crippen LogP contribution >= 0.6 is 0 Å². The summed E-state index contributed by atoms with van der Waals surface area (Å²) in [6.07, 6.45) is 2.38. The van der Waals surface area contributed by atoms with Crippen molar-refractivity contribution in [3.63, 3.8) is 0 Å². The summed E-state index contributed by atoms with van der Waals surface area (Å²) in [5.74, 6) is -0.349. The maximum absolute atomic E-state index is 14.1. The average Bonchev–Trinajstić information content (AvgIpc) is 3.15. The zero-order valence-corrected chi connectivity index (χ0v) is 18.5. The number of aryl methyl sites for hydroxylation is 1. The molecule has 1 aliphatic heterocycles. The van der Waals surface area contributed by atoms with Crippen LogP contribution < -0.4 is 16.0 Å². The lowest BCUT2D eigenvalue weighted by atomic mass is 10.2. The van der Waals surface area contributed by atoms with Gasteiger partial charge in [0.15, 0.2) is 9.84 Å². The molecule has 168 valence electrons. The first-order valence-electron chi connectivity index (χ1n) is 10.2. The minimum Gasteiger partial charge on any atom is -0.308 e. The second-order valence-corrected chi connectivity index (χ2v) is 10.1. The van der Waals surface area contributed by atoms with E-state index in [0.717, 1.165) is 24.2 Å². The van der Waals surface area contributed by atoms with E-state index < -0.39 is 21.7 Å². The van der Waals surface area contributed by atoms with Gasteiger partial charge in [0.25, 0.3) is 0 Å². The number of hydrogen-bond acceptors (Lipinski definition) is 6. The topological polar surface area (TPSA) is 103 Å². The third-order valence-corrected chi connectivity index (χ3v) is 6.58. The SMILES string of the molecule is CCS(=O)(=O)CN[C@H]1CCN(Cc2cc(F)cc(NC(=O)Nc3ccc(C)nc3)c2)C1. The van der Waals surface area contributed by atoms with Crippen LogP contribution in [0.3, 0.4) is 0 Å². The minimum atomic E-state index is -3.06. The molecule has 10 heteroatoms. The van der Waals surface area contributed by atoms with Crippen LogP contribution in [0.1, 0.15) is 24.6 Å². The lowest BCUT2D eigenvalue weighted by Crippen LogP contribution is -2.36. The third-order valence-electron chi connectivity index (χ3n) is 5.09. The highest BCUT2D eigenvalue weighted by atomic mass is 32.2. The van der Waals surface area contributed by atoms with E-state index in [0.29, 0.717) is 24.5 Å². The number of pyridine rings is 1. The van der Waals surface area contributed by atoms with Gasteiger partial charge in [0.05, 0.1) is 17.8 Å². The quantitative estimate of drug-likeness (QED) is 0.573. The van der Waals surface area contributed by atoms with Crippen molar-refractivity contribution in [1.82, 2.24) is 15.2 Å². The summed E-state index contributed by atoms with van der Waals surface area (Å²) in [5, 5.41) is 8.40. The van der Waals surface area contributed by atoms with Crippen molar-refractivity contribution in [2.75, 3.05) is 35.4 Å². The monoisotopic (exact) mass is 449 g/mol. The molecule has 1 aromatic carbocycles. The normalized spacial score (nSPS) is 16.9. The van der Waals surface area contributed by atoms with Crippen molar-refractivity contribution in [2.24, 2.45) is 0 Å². The van der Waals surface area contributed by atoms with Crippen LogP contribution in [0.15, 0.2) is 36.5 Å². The van der Waals surface area contributed by atoms with Gasteiger partial charge in [0, 0.05) is 42.8 Å². The van der Waals surface area contributed by atoms with Gasteiger partial charge in [-0.1, -0.05) is 6.92 Å². The van der Waals surface area contributed by atoms with E-state index in [1.54, 1.807) is 31.3 Å². The van der Waals surface area contributed by atoms with E-state index in [1.165, 1.54) is 12.1 Å². The molecule has 1 fully saturated rings. The molecule has 0 saturated carbocycles. The van der Waals surface area contributed by atoms with E-state index >= 15 is 0 Å². The van der Waals surface area contributed by atoms with E-state index in [9.17, 15) is 17.6 Å². The summed E-state index contributed by atoms with van der Waals surface area (Å²) >= 11 is 0. The van der Waals surface area contributed by atoms with E-state index in [1.807, 2.05) is 6.92 Å². The highest BCUT2D eigenvalue weighted by Gasteiger charge is 2.23. The number of benzene rings is 1. The fraction of sp³-hybridized carbons (Fsp3) is 0.429. The molecule has 3 rings (SSSR count). The second kappa shape index (κ2) is 10.2. The van der Waals surface area contributed by atoms with Gasteiger partial charge in [0.1, 0.15) is 5.82 Å². The number of amides is 2. The number of urea groups is 1. The number of sulfone groups is 1. The number of hydrogen-bond donors (Lipinski definition) is 3. The van der Waals surface area contributed by atoms with Gasteiger partial charge in [-0.2, -0.15) is 0 Å². The summed E-state index contributed by atoms with van der Waals surface area (Å²) in [5.41, 5.74) is 2.47. The molecule has 2 aromatic rings. The first-order valence-corrected chi connectivity index (χ1v) is 12.0. The van der Waals surface area contributed by atoms with Crippen LogP contribution in [0.4, 0.5) is 20.6 Å². The lowest BCUT2D eigenvalue weighted by molar-refractivity contribution is 0.262. The Hall–Kier alpha value is -2.56. The van der Waals surface area contributed by atoms with Gasteiger partial charge in [0.2, 0.25) is 0 Å². The first-order chi connectivity index (χ1) is 14.7. The Morgan fingerprint density at radius 1 is 1.23 bits per heavy atom. The van der Waals surface area contributed by atoms with Gasteiger partial charge in [-0.25, -0.2) is 17.6 Å². The molecule has 0 aliphatic carbocycles. The molecule has 1 aliphatic rings. The Kier molecular flexibility index (Phi) is 7.58. The maximum atomic E-state index is 14.1. The number of anilines is 2. The van der Waals surface area contributed by atoms with Crippen LogP contribution in [0.5, 0.6) is 0 Å². The Balaban J connectivity index is 1.55. The molecule has 3 N–H and O–H groups in total. The zero-order chi connectivity index (χ0) is 22.4. The third kappa shape index (κ3) is 7.27. The second-order valence-electron chi connectivity index (χ2n) is 7.72. The number of likely N-dealkylation sites (tertiary alicyclic amines) is 1. The fourth-order valence-corrected chi connectivity index (χ4v) is 4.09. The smallest absolute Gasteiger partial charge is 0.308 e. The van der Waals surface area contributed by atoms with Gasteiger partial charge in [-0.05, 0) is 49.2 Å². The van der Waals surface area contributed by atoms with Crippen LogP contribution in [-0.2, 0) is 16.4 Å². The molecule has 1 atom stereocenters. The van der Waals surface area contributed by atoms with Gasteiger partial charge in [-0.3, -0.25) is 15.2 Å². The number of nitrogens with one attached hydrogen (secondary N) is 3. The highest BCUT2D eigenvalue weighted by Crippen LogP contribution is 2.19. The number of carbonyl (C=O) groups excluding carboxylic acids is 1. The Morgan fingerprint density at radius 3 is 2.71 bits per heavy atom. The molecule has 0 bridgehead atoms. The number of nitrogens with zero attached hydrogens (tertiary/aromatic N) is 2. The number of rotatable bonds is 8. The first kappa shape index (κ1) is 23.1. The Labute approximate surface area is 182 Å². The van der Waals surface area contributed by atoms with Crippen molar-refractivity contribution in [1.29, 1.82) is 0 Å². The molecular formula is C21H28FN5O3S. The average molecular weight is 450 g/mol. The number of aromatic nitrogens is 1. The molecule has 1 aromatic heterocycles. The number of carbonyl (C=O) groups is 1. The van der Waals surface area contributed by atoms with Crippen molar-refractivity contribution in [2.45, 2.75) is 32.9 Å². The van der Waals surface area contributed by atoms with Gasteiger partial charge >= 0.3 is 6.03 Å². The van der Waals surface area contributed by atoms with E-state index in [2.05, 4.69) is 25.8 Å². The van der Waals surface area contributed by atoms with Crippen LogP contribution in [-0.4, -0.2) is 55.1 Å². The molecule has 2 amide bonds. The van der Waals surface area contributed by atoms with Crippen molar-refractivity contribution < 1.29 is 17.6 Å². The van der Waals surface area contributed by atoms with Crippen molar-refractivity contribution in [3.05, 3.63) is 53.6 Å². The summed E-state index contributed by atoms with van der Waals surface area (Å²) in [6, 6.07) is 7.56. The lowest BCUT2D eigenvalue weighted by Gasteiger charge is -2.17. The molecular weight excluding hydrogens is 421 g/mol. The standard InChI is InChI=1S/C21H28FN5O3S/c1-3-31(29,30)14-24-19-6-7-27(13-19)12-16-8-17(22)10-20(9-16)26-21(28)25-18-5-4-15(2)23-11-18/h4-5,8-11,19,24H,3,6-7,12-14H2,1-2H3,(H2,25,26,28)/t19-/m0/s1. The molecule has 8 nitrogen and oxygen atoms in total. The molecule has 2 heterocycles. The minimum absolute atomic E-state index is 0.0261. The van der Waals surface area contributed by atoms with E-state index in [4.69, 9.17) is 0 Å². The predicted octanol–water partition coefficient (Wildman–Crippen LogP) is 2.73. The zero-order valence-electron chi connectivity index (χ0n) is 17.7.